The number of aromatic nitrogens is 3. The van der Waals surface area contributed by atoms with Crippen LogP contribution in [0.25, 0.3) is 17.1 Å². The summed E-state index contributed by atoms with van der Waals surface area (Å²) in [6.45, 7) is 6.72. The standard InChI is InChI=1S/C32H33F3N6O2S/c1-4-5-24-9-6-21(2)18-28(24)41-22(3)16-17-44-31(41)38-30(42)36-19-23-7-10-25(11-8-23)29-37-20-40(39-29)26-12-14-27(15-13-26)43-32(33,34)35/h6-15,18,20,22H,4-5,16-17,19H2,1-3H3,(H,36,42)/b38-31-. The van der Waals surface area contributed by atoms with Gasteiger partial charge in [0.15, 0.2) is 11.0 Å². The molecule has 0 bridgehead atoms. The zero-order valence-electron chi connectivity index (χ0n) is 24.6. The Morgan fingerprint density at radius 1 is 1.11 bits per heavy atom. The summed E-state index contributed by atoms with van der Waals surface area (Å²) in [5, 5.41) is 8.05. The highest BCUT2D eigenvalue weighted by atomic mass is 32.2. The molecule has 0 saturated carbocycles. The zero-order chi connectivity index (χ0) is 31.3. The molecule has 1 fully saturated rings. The number of nitrogens with one attached hydrogen (secondary N) is 1. The second kappa shape index (κ2) is 13.5. The van der Waals surface area contributed by atoms with Crippen molar-refractivity contribution < 1.29 is 22.7 Å². The first kappa shape index (κ1) is 31.1. The summed E-state index contributed by atoms with van der Waals surface area (Å²) in [6.07, 6.45) is -0.264. The van der Waals surface area contributed by atoms with Gasteiger partial charge in [-0.3, -0.25) is 0 Å². The molecule has 1 saturated heterocycles. The van der Waals surface area contributed by atoms with Crippen LogP contribution >= 0.6 is 11.8 Å². The summed E-state index contributed by atoms with van der Waals surface area (Å²) in [4.78, 5) is 23.9. The number of amidine groups is 1. The van der Waals surface area contributed by atoms with Crippen LogP contribution in [0.3, 0.4) is 0 Å². The minimum atomic E-state index is -4.75. The number of carbonyl (C=O) groups is 1. The molecule has 0 spiro atoms. The third kappa shape index (κ3) is 7.79. The summed E-state index contributed by atoms with van der Waals surface area (Å²) in [5.41, 5.74) is 5.72. The van der Waals surface area contributed by atoms with E-state index in [9.17, 15) is 18.0 Å². The number of alkyl halides is 3. The Kier molecular flexibility index (Phi) is 9.58. The van der Waals surface area contributed by atoms with Crippen LogP contribution in [0.15, 0.2) is 78.0 Å². The molecule has 1 N–H and O–H groups in total. The number of aliphatic imine (C=N–C) groups is 1. The van der Waals surface area contributed by atoms with E-state index in [4.69, 9.17) is 0 Å². The van der Waals surface area contributed by atoms with Gasteiger partial charge in [0.2, 0.25) is 0 Å². The average Bonchev–Trinajstić information content (AvgIpc) is 3.48. The second-order valence-electron chi connectivity index (χ2n) is 10.5. The van der Waals surface area contributed by atoms with E-state index in [1.807, 2.05) is 24.3 Å². The van der Waals surface area contributed by atoms with Crippen molar-refractivity contribution in [2.45, 2.75) is 59.0 Å². The predicted molar refractivity (Wildman–Crippen MR) is 167 cm³/mol. The Balaban J connectivity index is 1.23. The van der Waals surface area contributed by atoms with Crippen LogP contribution in [0, 0.1) is 6.92 Å². The molecule has 3 aromatic carbocycles. The van der Waals surface area contributed by atoms with Crippen LogP contribution in [-0.2, 0) is 13.0 Å². The molecule has 1 aromatic heterocycles. The van der Waals surface area contributed by atoms with Gasteiger partial charge in [-0.25, -0.2) is 14.5 Å². The number of benzene rings is 3. The number of halogens is 3. The zero-order valence-corrected chi connectivity index (χ0v) is 25.5. The Morgan fingerprint density at radius 3 is 2.57 bits per heavy atom. The van der Waals surface area contributed by atoms with Gasteiger partial charge in [0, 0.05) is 29.6 Å². The van der Waals surface area contributed by atoms with Gasteiger partial charge >= 0.3 is 12.4 Å². The summed E-state index contributed by atoms with van der Waals surface area (Å²) < 4.78 is 42.6. The van der Waals surface area contributed by atoms with Crippen molar-refractivity contribution in [2.24, 2.45) is 4.99 Å². The number of urea groups is 1. The molecule has 0 aliphatic carbocycles. The molecule has 0 radical (unpaired) electrons. The molecule has 1 atom stereocenters. The number of amides is 2. The number of carbonyl (C=O) groups excluding carboxylic acids is 1. The van der Waals surface area contributed by atoms with E-state index < -0.39 is 12.4 Å². The molecule has 44 heavy (non-hydrogen) atoms. The molecular formula is C32H33F3N6O2S. The number of hydrogen-bond acceptors (Lipinski definition) is 5. The average molecular weight is 623 g/mol. The lowest BCUT2D eigenvalue weighted by molar-refractivity contribution is -0.274. The van der Waals surface area contributed by atoms with E-state index in [1.54, 1.807) is 11.8 Å². The Bertz CT molecular complexity index is 1620. The number of thioether (sulfide) groups is 1. The predicted octanol–water partition coefficient (Wildman–Crippen LogP) is 7.69. The largest absolute Gasteiger partial charge is 0.573 e. The summed E-state index contributed by atoms with van der Waals surface area (Å²) in [5.74, 6) is 1.04. The third-order valence-corrected chi connectivity index (χ3v) is 8.10. The minimum absolute atomic E-state index is 0.229. The van der Waals surface area contributed by atoms with Crippen molar-refractivity contribution in [1.82, 2.24) is 20.1 Å². The van der Waals surface area contributed by atoms with E-state index in [0.29, 0.717) is 23.2 Å². The first-order valence-electron chi connectivity index (χ1n) is 14.3. The van der Waals surface area contributed by atoms with Gasteiger partial charge in [-0.1, -0.05) is 61.5 Å². The van der Waals surface area contributed by atoms with Gasteiger partial charge in [-0.05, 0) is 73.7 Å². The van der Waals surface area contributed by atoms with Crippen molar-refractivity contribution in [2.75, 3.05) is 10.7 Å². The molecule has 230 valence electrons. The maximum Gasteiger partial charge on any atom is 0.573 e. The van der Waals surface area contributed by atoms with Crippen molar-refractivity contribution >= 4 is 28.6 Å². The van der Waals surface area contributed by atoms with Crippen molar-refractivity contribution in [3.63, 3.8) is 0 Å². The van der Waals surface area contributed by atoms with Gasteiger partial charge in [-0.2, -0.15) is 4.99 Å². The number of hydrogen-bond donors (Lipinski definition) is 1. The Morgan fingerprint density at radius 2 is 1.86 bits per heavy atom. The van der Waals surface area contributed by atoms with E-state index in [0.717, 1.165) is 41.8 Å². The van der Waals surface area contributed by atoms with E-state index >= 15 is 0 Å². The van der Waals surface area contributed by atoms with Crippen LogP contribution in [0.2, 0.25) is 0 Å². The minimum Gasteiger partial charge on any atom is -0.406 e. The monoisotopic (exact) mass is 622 g/mol. The fourth-order valence-corrected chi connectivity index (χ4v) is 6.12. The smallest absolute Gasteiger partial charge is 0.406 e. The normalized spacial score (nSPS) is 16.3. The molecule has 2 amide bonds. The lowest BCUT2D eigenvalue weighted by atomic mass is 10.0. The van der Waals surface area contributed by atoms with Crippen LogP contribution in [-0.4, -0.2) is 44.1 Å². The van der Waals surface area contributed by atoms with Gasteiger partial charge in [0.1, 0.15) is 12.1 Å². The second-order valence-corrected chi connectivity index (χ2v) is 11.6. The highest BCUT2D eigenvalue weighted by Gasteiger charge is 2.31. The van der Waals surface area contributed by atoms with Crippen LogP contribution in [0.1, 0.15) is 43.4 Å². The summed E-state index contributed by atoms with van der Waals surface area (Å²) >= 11 is 1.60. The topological polar surface area (TPSA) is 84.6 Å². The number of nitrogens with zero attached hydrogens (tertiary/aromatic N) is 5. The number of aryl methyl sites for hydroxylation is 2. The number of ether oxygens (including phenoxy) is 1. The molecule has 2 heterocycles. The lowest BCUT2D eigenvalue weighted by Gasteiger charge is -2.37. The number of anilines is 1. The first-order chi connectivity index (χ1) is 21.1. The van der Waals surface area contributed by atoms with Crippen molar-refractivity contribution in [1.29, 1.82) is 0 Å². The van der Waals surface area contributed by atoms with Crippen molar-refractivity contribution in [3.05, 3.63) is 89.7 Å². The van der Waals surface area contributed by atoms with E-state index in [-0.39, 0.29) is 11.8 Å². The highest BCUT2D eigenvalue weighted by Crippen LogP contribution is 2.33. The first-order valence-corrected chi connectivity index (χ1v) is 15.3. The molecule has 1 unspecified atom stereocenters. The van der Waals surface area contributed by atoms with Crippen molar-refractivity contribution in [3.8, 4) is 22.8 Å². The molecule has 12 heteroatoms. The summed E-state index contributed by atoms with van der Waals surface area (Å²) in [6, 6.07) is 19.1. The van der Waals surface area contributed by atoms with Gasteiger partial charge < -0.3 is 15.0 Å². The molecule has 1 aliphatic rings. The highest BCUT2D eigenvalue weighted by molar-refractivity contribution is 8.14. The Hall–Kier alpha value is -4.32. The van der Waals surface area contributed by atoms with Crippen LogP contribution < -0.4 is 15.0 Å². The SMILES string of the molecule is CCCc1ccc(C)cc1N1/C(=N/C(=O)NCc2ccc(-c3ncn(-c4ccc(OC(F)(F)F)cc4)n3)cc2)SCCC1C. The molecular weight excluding hydrogens is 589 g/mol. The fourth-order valence-electron chi connectivity index (χ4n) is 4.91. The number of rotatable bonds is 8. The lowest BCUT2D eigenvalue weighted by Crippen LogP contribution is -2.42. The quantitative estimate of drug-likeness (QED) is 0.217. The molecule has 1 aliphatic heterocycles. The molecule has 8 nitrogen and oxygen atoms in total. The van der Waals surface area contributed by atoms with E-state index in [1.165, 1.54) is 46.4 Å². The maximum absolute atomic E-state index is 12.9. The molecule has 4 aromatic rings. The van der Waals surface area contributed by atoms with E-state index in [2.05, 4.69) is 69.0 Å². The third-order valence-electron chi connectivity index (χ3n) is 7.11. The summed E-state index contributed by atoms with van der Waals surface area (Å²) in [7, 11) is 0. The van der Waals surface area contributed by atoms with Crippen LogP contribution in [0.5, 0.6) is 5.75 Å². The van der Waals surface area contributed by atoms with Gasteiger partial charge in [0.25, 0.3) is 0 Å². The Labute approximate surface area is 258 Å². The van der Waals surface area contributed by atoms with Gasteiger partial charge in [-0.15, -0.1) is 18.3 Å². The maximum atomic E-state index is 12.9. The van der Waals surface area contributed by atoms with Crippen LogP contribution in [0.4, 0.5) is 23.7 Å². The molecule has 5 rings (SSSR count). The van der Waals surface area contributed by atoms with Gasteiger partial charge in [0.05, 0.1) is 5.69 Å². The fraction of sp³-hybridized carbons (Fsp3) is 0.312.